The molecule has 28 heavy (non-hydrogen) atoms. The Balaban J connectivity index is 0.000000280. The third-order valence-corrected chi connectivity index (χ3v) is 6.24. The van der Waals surface area contributed by atoms with E-state index in [1.165, 1.54) is 25.9 Å². The third kappa shape index (κ3) is 8.03. The highest BCUT2D eigenvalue weighted by Crippen LogP contribution is 2.32. The summed E-state index contributed by atoms with van der Waals surface area (Å²) < 4.78 is 0. The summed E-state index contributed by atoms with van der Waals surface area (Å²) in [4.78, 5) is 5.09. The lowest BCUT2D eigenvalue weighted by molar-refractivity contribution is 0.144. The first-order valence-corrected chi connectivity index (χ1v) is 11.3. The van der Waals surface area contributed by atoms with E-state index in [9.17, 15) is 0 Å². The molecule has 0 spiro atoms. The largest absolute Gasteiger partial charge is 0.295 e. The van der Waals surface area contributed by atoms with Gasteiger partial charge in [0.1, 0.15) is 0 Å². The Kier molecular flexibility index (Phi) is 8.21. The van der Waals surface area contributed by atoms with E-state index in [2.05, 4.69) is 105 Å². The van der Waals surface area contributed by atoms with Gasteiger partial charge >= 0.3 is 0 Å². The first kappa shape index (κ1) is 25.4. The summed E-state index contributed by atoms with van der Waals surface area (Å²) in [5.74, 6) is 0. The van der Waals surface area contributed by atoms with Crippen LogP contribution in [0, 0.1) is 10.8 Å². The van der Waals surface area contributed by atoms with Crippen LogP contribution < -0.4 is 0 Å². The second-order valence-corrected chi connectivity index (χ2v) is 12.7. The number of nitrogens with zero attached hydrogens (tertiary/aromatic N) is 2. The van der Waals surface area contributed by atoms with E-state index in [0.29, 0.717) is 21.9 Å². The molecule has 0 atom stereocenters. The van der Waals surface area contributed by atoms with Crippen LogP contribution in [0.3, 0.4) is 0 Å². The molecule has 0 saturated heterocycles. The normalized spacial score (nSPS) is 20.9. The molecule has 0 aromatic heterocycles. The average molecular weight is 391 g/mol. The van der Waals surface area contributed by atoms with Crippen molar-refractivity contribution < 1.29 is 0 Å². The van der Waals surface area contributed by atoms with Gasteiger partial charge < -0.3 is 0 Å². The summed E-state index contributed by atoms with van der Waals surface area (Å²) in [5.41, 5.74) is 4.62. The van der Waals surface area contributed by atoms with E-state index in [1.807, 2.05) is 0 Å². The van der Waals surface area contributed by atoms with Crippen LogP contribution in [0.2, 0.25) is 0 Å². The van der Waals surface area contributed by atoms with Crippen molar-refractivity contribution in [1.82, 2.24) is 9.80 Å². The fourth-order valence-electron chi connectivity index (χ4n) is 3.92. The van der Waals surface area contributed by atoms with Crippen molar-refractivity contribution in [3.63, 3.8) is 0 Å². The molecule has 0 radical (unpaired) electrons. The summed E-state index contributed by atoms with van der Waals surface area (Å²) in [6.45, 7) is 32.3. The summed E-state index contributed by atoms with van der Waals surface area (Å²) >= 11 is 0. The lowest BCUT2D eigenvalue weighted by atomic mass is 9.82. The van der Waals surface area contributed by atoms with Gasteiger partial charge in [0.05, 0.1) is 0 Å². The molecule has 0 aromatic rings. The molecule has 2 nitrogen and oxygen atoms in total. The molecule has 164 valence electrons. The second-order valence-electron chi connectivity index (χ2n) is 12.7. The molecule has 0 aliphatic carbocycles. The van der Waals surface area contributed by atoms with Crippen molar-refractivity contribution in [2.75, 3.05) is 26.2 Å². The highest BCUT2D eigenvalue weighted by molar-refractivity contribution is 5.16. The van der Waals surface area contributed by atoms with E-state index in [0.717, 1.165) is 13.1 Å². The fourth-order valence-corrected chi connectivity index (χ4v) is 3.92. The Hall–Kier alpha value is -0.600. The number of hydrogen-bond donors (Lipinski definition) is 0. The van der Waals surface area contributed by atoms with Crippen molar-refractivity contribution in [2.45, 2.75) is 107 Å². The van der Waals surface area contributed by atoms with Gasteiger partial charge in [-0.2, -0.15) is 0 Å². The zero-order valence-electron chi connectivity index (χ0n) is 21.3. The van der Waals surface area contributed by atoms with Crippen LogP contribution in [0.1, 0.15) is 95.9 Å². The van der Waals surface area contributed by atoms with Gasteiger partial charge in [0.2, 0.25) is 0 Å². The molecule has 2 rings (SSSR count). The molecule has 0 aromatic carbocycles. The minimum Gasteiger partial charge on any atom is -0.295 e. The van der Waals surface area contributed by atoms with E-state index >= 15 is 0 Å². The Bertz CT molecular complexity index is 501. The van der Waals surface area contributed by atoms with E-state index in [-0.39, 0.29) is 0 Å². The van der Waals surface area contributed by atoms with Crippen molar-refractivity contribution >= 4 is 0 Å². The van der Waals surface area contributed by atoms with Gasteiger partial charge in [0, 0.05) is 37.3 Å². The van der Waals surface area contributed by atoms with Gasteiger partial charge in [-0.1, -0.05) is 64.8 Å². The maximum atomic E-state index is 2.54. The molecule has 0 amide bonds. The van der Waals surface area contributed by atoms with Crippen LogP contribution in [0.15, 0.2) is 23.3 Å². The molecular formula is C26H50N2. The third-order valence-electron chi connectivity index (χ3n) is 6.24. The maximum Gasteiger partial charge on any atom is 0.0171 e. The summed E-state index contributed by atoms with van der Waals surface area (Å²) in [7, 11) is 0. The maximum absolute atomic E-state index is 2.54. The summed E-state index contributed by atoms with van der Waals surface area (Å²) in [6, 6.07) is 0. The molecule has 0 fully saturated rings. The first-order valence-electron chi connectivity index (χ1n) is 11.3. The molecule has 0 unspecified atom stereocenters. The molecule has 0 saturated carbocycles. The SMILES string of the molecule is CC(C)(C)C1=CCN(C(C)(C)C)CC1.CC(C)(C)C1=CCN(C(C)(C)C)CC1. The standard InChI is InChI=1S/2C13H25N/c2*1-12(2,3)11-7-9-14(10-8-11)13(4,5)6/h2*7H,8-10H2,1-6H3. The van der Waals surface area contributed by atoms with E-state index in [1.54, 1.807) is 11.1 Å². The molecule has 0 N–H and O–H groups in total. The molecule has 0 bridgehead atoms. The predicted molar refractivity (Wildman–Crippen MR) is 127 cm³/mol. The van der Waals surface area contributed by atoms with E-state index in [4.69, 9.17) is 0 Å². The fraction of sp³-hybridized carbons (Fsp3) is 0.846. The van der Waals surface area contributed by atoms with Crippen LogP contribution in [0.25, 0.3) is 0 Å². The zero-order valence-corrected chi connectivity index (χ0v) is 21.3. The van der Waals surface area contributed by atoms with Gasteiger partial charge in [-0.3, -0.25) is 9.80 Å². The van der Waals surface area contributed by atoms with Crippen LogP contribution in [-0.4, -0.2) is 47.1 Å². The summed E-state index contributed by atoms with van der Waals surface area (Å²) in [5, 5.41) is 0. The minimum absolute atomic E-state index is 0.319. The lowest BCUT2D eigenvalue weighted by Gasteiger charge is -2.39. The van der Waals surface area contributed by atoms with Crippen molar-refractivity contribution in [1.29, 1.82) is 0 Å². The minimum atomic E-state index is 0.319. The Morgan fingerprint density at radius 1 is 0.536 bits per heavy atom. The lowest BCUT2D eigenvalue weighted by Crippen LogP contribution is -2.44. The van der Waals surface area contributed by atoms with Gasteiger partial charge in [-0.05, 0) is 65.2 Å². The van der Waals surface area contributed by atoms with Crippen LogP contribution in [0.5, 0.6) is 0 Å². The van der Waals surface area contributed by atoms with Crippen molar-refractivity contribution in [3.05, 3.63) is 23.3 Å². The smallest absolute Gasteiger partial charge is 0.0171 e. The molecular weight excluding hydrogens is 340 g/mol. The topological polar surface area (TPSA) is 6.48 Å². The predicted octanol–water partition coefficient (Wildman–Crippen LogP) is 6.93. The van der Waals surface area contributed by atoms with Gasteiger partial charge in [-0.25, -0.2) is 0 Å². The van der Waals surface area contributed by atoms with Crippen LogP contribution in [0.4, 0.5) is 0 Å². The number of hydrogen-bond acceptors (Lipinski definition) is 2. The summed E-state index contributed by atoms with van der Waals surface area (Å²) in [6.07, 6.45) is 7.32. The van der Waals surface area contributed by atoms with Crippen molar-refractivity contribution in [2.24, 2.45) is 10.8 Å². The molecule has 2 aliphatic rings. The first-order chi connectivity index (χ1) is 12.4. The van der Waals surface area contributed by atoms with E-state index < -0.39 is 0 Å². The van der Waals surface area contributed by atoms with Crippen LogP contribution in [-0.2, 0) is 0 Å². The van der Waals surface area contributed by atoms with Crippen LogP contribution >= 0.6 is 0 Å². The average Bonchev–Trinajstić information content (AvgIpc) is 2.52. The zero-order chi connectivity index (χ0) is 22.0. The highest BCUT2D eigenvalue weighted by Gasteiger charge is 2.27. The van der Waals surface area contributed by atoms with Gasteiger partial charge in [0.25, 0.3) is 0 Å². The molecule has 2 heterocycles. The Labute approximate surface area is 177 Å². The van der Waals surface area contributed by atoms with Gasteiger partial charge in [0.15, 0.2) is 0 Å². The highest BCUT2D eigenvalue weighted by atomic mass is 15.2. The second kappa shape index (κ2) is 9.04. The Morgan fingerprint density at radius 3 is 0.964 bits per heavy atom. The molecule has 2 aliphatic heterocycles. The quantitative estimate of drug-likeness (QED) is 0.414. The monoisotopic (exact) mass is 390 g/mol. The number of rotatable bonds is 0. The van der Waals surface area contributed by atoms with Crippen molar-refractivity contribution in [3.8, 4) is 0 Å². The van der Waals surface area contributed by atoms with Gasteiger partial charge in [-0.15, -0.1) is 0 Å². The molecule has 2 heteroatoms. The Morgan fingerprint density at radius 2 is 0.821 bits per heavy atom.